The van der Waals surface area contributed by atoms with Crippen LogP contribution in [-0.4, -0.2) is 5.78 Å². The Morgan fingerprint density at radius 1 is 1.25 bits per heavy atom. The van der Waals surface area contributed by atoms with Crippen molar-refractivity contribution in [2.75, 3.05) is 0 Å². The standard InChI is InChI=1S/C15H24O/c1-3-4-9(2)7-12(16)15-13-10-5-6-11(8-10)14(13)15/h9-11,13-15H,3-8H2,1-2H3. The van der Waals surface area contributed by atoms with Gasteiger partial charge in [-0.3, -0.25) is 4.79 Å². The molecule has 0 radical (unpaired) electrons. The highest BCUT2D eigenvalue weighted by molar-refractivity contribution is 5.85. The summed E-state index contributed by atoms with van der Waals surface area (Å²) in [5, 5.41) is 0. The third-order valence-electron chi connectivity index (χ3n) is 5.44. The van der Waals surface area contributed by atoms with Crippen LogP contribution in [0.15, 0.2) is 0 Å². The van der Waals surface area contributed by atoms with Crippen LogP contribution in [0.5, 0.6) is 0 Å². The fraction of sp³-hybridized carbons (Fsp3) is 0.933. The molecule has 1 nitrogen and oxygen atoms in total. The van der Waals surface area contributed by atoms with E-state index in [1.54, 1.807) is 0 Å². The summed E-state index contributed by atoms with van der Waals surface area (Å²) in [5.41, 5.74) is 0. The molecule has 0 spiro atoms. The third-order valence-corrected chi connectivity index (χ3v) is 5.44. The maximum Gasteiger partial charge on any atom is 0.136 e. The van der Waals surface area contributed by atoms with Crippen LogP contribution in [0.1, 0.15) is 52.4 Å². The first-order valence-corrected chi connectivity index (χ1v) is 7.25. The molecule has 1 heteroatoms. The zero-order valence-corrected chi connectivity index (χ0v) is 10.6. The summed E-state index contributed by atoms with van der Waals surface area (Å²) in [4.78, 5) is 12.2. The molecule has 3 aliphatic rings. The minimum atomic E-state index is 0.519. The molecule has 90 valence electrons. The second-order valence-electron chi connectivity index (χ2n) is 6.58. The zero-order chi connectivity index (χ0) is 11.3. The number of rotatable bonds is 5. The summed E-state index contributed by atoms with van der Waals surface area (Å²) >= 11 is 0. The summed E-state index contributed by atoms with van der Waals surface area (Å²) in [6.07, 6.45) is 7.63. The molecule has 16 heavy (non-hydrogen) atoms. The van der Waals surface area contributed by atoms with E-state index in [2.05, 4.69) is 13.8 Å². The van der Waals surface area contributed by atoms with E-state index in [1.807, 2.05) is 0 Å². The number of hydrogen-bond donors (Lipinski definition) is 0. The van der Waals surface area contributed by atoms with Crippen LogP contribution in [0.3, 0.4) is 0 Å². The Balaban J connectivity index is 1.55. The summed E-state index contributed by atoms with van der Waals surface area (Å²) in [6, 6.07) is 0. The average molecular weight is 220 g/mol. The first-order chi connectivity index (χ1) is 7.72. The quantitative estimate of drug-likeness (QED) is 0.691. The highest BCUT2D eigenvalue weighted by atomic mass is 16.1. The van der Waals surface area contributed by atoms with Crippen LogP contribution in [0.25, 0.3) is 0 Å². The molecular weight excluding hydrogens is 196 g/mol. The van der Waals surface area contributed by atoms with E-state index in [0.717, 1.165) is 30.1 Å². The van der Waals surface area contributed by atoms with Crippen molar-refractivity contribution < 1.29 is 4.79 Å². The van der Waals surface area contributed by atoms with Crippen molar-refractivity contribution >= 4 is 5.78 Å². The largest absolute Gasteiger partial charge is 0.299 e. The second-order valence-corrected chi connectivity index (χ2v) is 6.58. The highest BCUT2D eigenvalue weighted by Crippen LogP contribution is 2.69. The zero-order valence-electron chi connectivity index (χ0n) is 10.6. The van der Waals surface area contributed by atoms with E-state index >= 15 is 0 Å². The molecule has 3 rings (SSSR count). The Bertz CT molecular complexity index is 280. The van der Waals surface area contributed by atoms with Gasteiger partial charge in [0.15, 0.2) is 0 Å². The van der Waals surface area contributed by atoms with Crippen molar-refractivity contribution in [2.24, 2.45) is 35.5 Å². The summed E-state index contributed by atoms with van der Waals surface area (Å²) < 4.78 is 0. The van der Waals surface area contributed by atoms with Crippen molar-refractivity contribution in [2.45, 2.75) is 52.4 Å². The normalized spacial score (nSPS) is 45.5. The molecule has 3 aliphatic carbocycles. The molecule has 0 heterocycles. The molecule has 5 unspecified atom stereocenters. The number of fused-ring (bicyclic) bond motifs is 5. The molecule has 0 N–H and O–H groups in total. The van der Waals surface area contributed by atoms with Crippen LogP contribution in [0.2, 0.25) is 0 Å². The third kappa shape index (κ3) is 1.55. The minimum absolute atomic E-state index is 0.519. The minimum Gasteiger partial charge on any atom is -0.299 e. The fourth-order valence-corrected chi connectivity index (χ4v) is 4.83. The number of ketones is 1. The van der Waals surface area contributed by atoms with Crippen LogP contribution in [0, 0.1) is 35.5 Å². The Morgan fingerprint density at radius 2 is 1.88 bits per heavy atom. The first-order valence-electron chi connectivity index (χ1n) is 7.25. The lowest BCUT2D eigenvalue weighted by molar-refractivity contribution is -0.122. The molecule has 3 saturated carbocycles. The van der Waals surface area contributed by atoms with E-state index < -0.39 is 0 Å². The van der Waals surface area contributed by atoms with Crippen LogP contribution in [0.4, 0.5) is 0 Å². The lowest BCUT2D eigenvalue weighted by Crippen LogP contribution is -2.13. The smallest absolute Gasteiger partial charge is 0.136 e. The molecular formula is C15H24O. The topological polar surface area (TPSA) is 17.1 Å². The van der Waals surface area contributed by atoms with Gasteiger partial charge in [0.1, 0.15) is 5.78 Å². The van der Waals surface area contributed by atoms with Gasteiger partial charge in [0.05, 0.1) is 0 Å². The van der Waals surface area contributed by atoms with Crippen molar-refractivity contribution in [3.05, 3.63) is 0 Å². The van der Waals surface area contributed by atoms with E-state index in [9.17, 15) is 4.79 Å². The van der Waals surface area contributed by atoms with Gasteiger partial charge in [-0.05, 0) is 48.9 Å². The van der Waals surface area contributed by atoms with Crippen molar-refractivity contribution in [3.8, 4) is 0 Å². The summed E-state index contributed by atoms with van der Waals surface area (Å²) in [6.45, 7) is 4.46. The predicted molar refractivity (Wildman–Crippen MR) is 65.0 cm³/mol. The molecule has 0 aliphatic heterocycles. The van der Waals surface area contributed by atoms with Crippen molar-refractivity contribution in [1.82, 2.24) is 0 Å². The van der Waals surface area contributed by atoms with Gasteiger partial charge >= 0.3 is 0 Å². The first kappa shape index (κ1) is 10.8. The monoisotopic (exact) mass is 220 g/mol. The van der Waals surface area contributed by atoms with E-state index in [-0.39, 0.29) is 0 Å². The summed E-state index contributed by atoms with van der Waals surface area (Å²) in [5.74, 6) is 5.35. The van der Waals surface area contributed by atoms with Gasteiger partial charge in [0.2, 0.25) is 0 Å². The van der Waals surface area contributed by atoms with Gasteiger partial charge < -0.3 is 0 Å². The van der Waals surface area contributed by atoms with Crippen molar-refractivity contribution in [3.63, 3.8) is 0 Å². The van der Waals surface area contributed by atoms with Crippen LogP contribution < -0.4 is 0 Å². The maximum absolute atomic E-state index is 12.2. The molecule has 3 fully saturated rings. The molecule has 0 aromatic carbocycles. The molecule has 0 aromatic heterocycles. The SMILES string of the molecule is CCCC(C)CC(=O)C1C2C3CCC(C3)C12. The number of carbonyl (C=O) groups excluding carboxylic acids is 1. The average Bonchev–Trinajstić information content (AvgIpc) is 2.69. The second kappa shape index (κ2) is 3.85. The number of hydrogen-bond acceptors (Lipinski definition) is 1. The summed E-state index contributed by atoms with van der Waals surface area (Å²) in [7, 11) is 0. The Kier molecular flexibility index (Phi) is 2.60. The highest BCUT2D eigenvalue weighted by Gasteiger charge is 2.66. The van der Waals surface area contributed by atoms with E-state index in [1.165, 1.54) is 32.1 Å². The van der Waals surface area contributed by atoms with Crippen LogP contribution in [-0.2, 0) is 4.79 Å². The number of Topliss-reactive ketones (excluding diaryl/α,β-unsaturated/α-hetero) is 1. The van der Waals surface area contributed by atoms with E-state index in [0.29, 0.717) is 17.6 Å². The number of carbonyl (C=O) groups is 1. The Labute approximate surface area is 99.0 Å². The molecule has 2 bridgehead atoms. The van der Waals surface area contributed by atoms with Gasteiger partial charge in [0, 0.05) is 12.3 Å². The fourth-order valence-electron chi connectivity index (χ4n) is 4.83. The van der Waals surface area contributed by atoms with Crippen molar-refractivity contribution in [1.29, 1.82) is 0 Å². The van der Waals surface area contributed by atoms with Gasteiger partial charge in [-0.25, -0.2) is 0 Å². The Hall–Kier alpha value is -0.330. The molecule has 0 aromatic rings. The molecule has 0 saturated heterocycles. The maximum atomic E-state index is 12.2. The molecule has 0 amide bonds. The van der Waals surface area contributed by atoms with E-state index in [4.69, 9.17) is 0 Å². The lowest BCUT2D eigenvalue weighted by atomic mass is 9.93. The van der Waals surface area contributed by atoms with Gasteiger partial charge in [-0.2, -0.15) is 0 Å². The lowest BCUT2D eigenvalue weighted by Gasteiger charge is -2.11. The van der Waals surface area contributed by atoms with Gasteiger partial charge in [0.25, 0.3) is 0 Å². The van der Waals surface area contributed by atoms with Gasteiger partial charge in [-0.1, -0.05) is 26.7 Å². The van der Waals surface area contributed by atoms with Crippen LogP contribution >= 0.6 is 0 Å². The Morgan fingerprint density at radius 3 is 2.44 bits per heavy atom. The molecule has 5 atom stereocenters. The predicted octanol–water partition coefficient (Wildman–Crippen LogP) is 3.67. The van der Waals surface area contributed by atoms with Gasteiger partial charge in [-0.15, -0.1) is 0 Å².